The summed E-state index contributed by atoms with van der Waals surface area (Å²) in [6.07, 6.45) is 4.36. The van der Waals surface area contributed by atoms with E-state index in [1.54, 1.807) is 0 Å². The summed E-state index contributed by atoms with van der Waals surface area (Å²) in [6, 6.07) is 0. The van der Waals surface area contributed by atoms with Crippen LogP contribution >= 0.6 is 0 Å². The number of rotatable bonds is 0. The van der Waals surface area contributed by atoms with Crippen molar-refractivity contribution in [3.8, 4) is 0 Å². The number of aromatic nitrogens is 3. The van der Waals surface area contributed by atoms with E-state index in [-0.39, 0.29) is 0 Å². The fourth-order valence-corrected chi connectivity index (χ4v) is 1.51. The third-order valence-corrected chi connectivity index (χ3v) is 2.12. The standard InChI is InChI=1S/C7H11N3/c1-6-3-2-4-10-5-8-9-7(6)10/h5-6H,2-4H2,1H3. The van der Waals surface area contributed by atoms with Gasteiger partial charge in [-0.3, -0.25) is 0 Å². The lowest BCUT2D eigenvalue weighted by atomic mass is 10.0. The molecule has 3 nitrogen and oxygen atoms in total. The van der Waals surface area contributed by atoms with E-state index in [0.717, 1.165) is 12.4 Å². The van der Waals surface area contributed by atoms with Gasteiger partial charge in [0.1, 0.15) is 12.2 Å². The molecule has 0 saturated heterocycles. The minimum atomic E-state index is 0.608. The lowest BCUT2D eigenvalue weighted by molar-refractivity contribution is 0.463. The average molecular weight is 137 g/mol. The fourth-order valence-electron chi connectivity index (χ4n) is 1.51. The van der Waals surface area contributed by atoms with Crippen LogP contribution < -0.4 is 0 Å². The van der Waals surface area contributed by atoms with Gasteiger partial charge in [0.15, 0.2) is 0 Å². The van der Waals surface area contributed by atoms with E-state index in [2.05, 4.69) is 21.7 Å². The molecule has 0 radical (unpaired) electrons. The van der Waals surface area contributed by atoms with Crippen LogP contribution in [0.15, 0.2) is 6.33 Å². The molecule has 1 aromatic rings. The fraction of sp³-hybridized carbons (Fsp3) is 0.714. The Bertz CT molecular complexity index is 229. The smallest absolute Gasteiger partial charge is 0.135 e. The van der Waals surface area contributed by atoms with Gasteiger partial charge in [0.05, 0.1) is 0 Å². The average Bonchev–Trinajstić information content (AvgIpc) is 2.36. The van der Waals surface area contributed by atoms with E-state index in [0.29, 0.717) is 5.92 Å². The van der Waals surface area contributed by atoms with E-state index in [1.165, 1.54) is 12.8 Å². The second-order valence-corrected chi connectivity index (χ2v) is 2.93. The Morgan fingerprint density at radius 2 is 2.60 bits per heavy atom. The molecule has 1 aliphatic rings. The molecule has 1 unspecified atom stereocenters. The molecule has 10 heavy (non-hydrogen) atoms. The maximum Gasteiger partial charge on any atom is 0.135 e. The van der Waals surface area contributed by atoms with Gasteiger partial charge >= 0.3 is 0 Å². The topological polar surface area (TPSA) is 30.7 Å². The second kappa shape index (κ2) is 2.08. The number of nitrogens with zero attached hydrogens (tertiary/aromatic N) is 3. The van der Waals surface area contributed by atoms with Gasteiger partial charge in [-0.25, -0.2) is 0 Å². The molecule has 0 amide bonds. The lowest BCUT2D eigenvalue weighted by Gasteiger charge is -2.17. The monoisotopic (exact) mass is 137 g/mol. The third-order valence-electron chi connectivity index (χ3n) is 2.12. The van der Waals surface area contributed by atoms with Crippen molar-refractivity contribution >= 4 is 0 Å². The largest absolute Gasteiger partial charge is 0.317 e. The first-order valence-electron chi connectivity index (χ1n) is 3.75. The Morgan fingerprint density at radius 1 is 1.70 bits per heavy atom. The molecular formula is C7H11N3. The van der Waals surface area contributed by atoms with Crippen molar-refractivity contribution in [3.63, 3.8) is 0 Å². The van der Waals surface area contributed by atoms with Gasteiger partial charge in [-0.15, -0.1) is 10.2 Å². The zero-order valence-corrected chi connectivity index (χ0v) is 6.12. The Balaban J connectivity index is 2.41. The third kappa shape index (κ3) is 0.735. The number of fused-ring (bicyclic) bond motifs is 1. The predicted molar refractivity (Wildman–Crippen MR) is 37.7 cm³/mol. The molecule has 0 aromatic carbocycles. The molecule has 0 bridgehead atoms. The highest BCUT2D eigenvalue weighted by Crippen LogP contribution is 2.23. The SMILES string of the molecule is CC1CCCn2cnnc21. The summed E-state index contributed by atoms with van der Waals surface area (Å²) < 4.78 is 2.15. The maximum atomic E-state index is 4.05. The maximum absolute atomic E-state index is 4.05. The van der Waals surface area contributed by atoms with Gasteiger partial charge in [-0.05, 0) is 12.8 Å². The summed E-state index contributed by atoms with van der Waals surface area (Å²) >= 11 is 0. The molecule has 0 aliphatic carbocycles. The molecule has 2 heterocycles. The van der Waals surface area contributed by atoms with Crippen LogP contribution in [0.4, 0.5) is 0 Å². The van der Waals surface area contributed by atoms with Crippen molar-refractivity contribution < 1.29 is 0 Å². The van der Waals surface area contributed by atoms with Crippen LogP contribution in [0.2, 0.25) is 0 Å². The van der Waals surface area contributed by atoms with Crippen LogP contribution in [-0.4, -0.2) is 14.8 Å². The molecule has 0 N–H and O–H groups in total. The molecule has 3 heteroatoms. The van der Waals surface area contributed by atoms with E-state index >= 15 is 0 Å². The number of aryl methyl sites for hydroxylation is 1. The van der Waals surface area contributed by atoms with Crippen molar-refractivity contribution in [2.45, 2.75) is 32.2 Å². The Morgan fingerprint density at radius 3 is 3.40 bits per heavy atom. The van der Waals surface area contributed by atoms with E-state index < -0.39 is 0 Å². The van der Waals surface area contributed by atoms with Crippen LogP contribution in [0.3, 0.4) is 0 Å². The Kier molecular flexibility index (Phi) is 1.22. The van der Waals surface area contributed by atoms with Crippen molar-refractivity contribution in [3.05, 3.63) is 12.2 Å². The first-order chi connectivity index (χ1) is 4.88. The van der Waals surface area contributed by atoms with Crippen molar-refractivity contribution in [1.82, 2.24) is 14.8 Å². The van der Waals surface area contributed by atoms with Gasteiger partial charge in [0.25, 0.3) is 0 Å². The molecular weight excluding hydrogens is 126 g/mol. The Hall–Kier alpha value is -0.860. The second-order valence-electron chi connectivity index (χ2n) is 2.93. The zero-order valence-electron chi connectivity index (χ0n) is 6.12. The van der Waals surface area contributed by atoms with Crippen LogP contribution in [0.5, 0.6) is 0 Å². The first kappa shape index (κ1) is 5.89. The van der Waals surface area contributed by atoms with Crippen LogP contribution in [0.1, 0.15) is 31.5 Å². The Labute approximate surface area is 60.1 Å². The van der Waals surface area contributed by atoms with Crippen molar-refractivity contribution in [1.29, 1.82) is 0 Å². The van der Waals surface area contributed by atoms with Crippen LogP contribution in [-0.2, 0) is 6.54 Å². The highest BCUT2D eigenvalue weighted by atomic mass is 15.3. The van der Waals surface area contributed by atoms with Gasteiger partial charge in [-0.1, -0.05) is 6.92 Å². The molecule has 54 valence electrons. The van der Waals surface area contributed by atoms with Crippen molar-refractivity contribution in [2.24, 2.45) is 0 Å². The summed E-state index contributed by atoms with van der Waals surface area (Å²) in [5.41, 5.74) is 0. The predicted octanol–water partition coefficient (Wildman–Crippen LogP) is 1.18. The van der Waals surface area contributed by atoms with Crippen molar-refractivity contribution in [2.75, 3.05) is 0 Å². The lowest BCUT2D eigenvalue weighted by Crippen LogP contribution is -2.12. The van der Waals surface area contributed by atoms with E-state index in [4.69, 9.17) is 0 Å². The summed E-state index contributed by atoms with van der Waals surface area (Å²) in [5, 5.41) is 7.92. The molecule has 0 fully saturated rings. The van der Waals surface area contributed by atoms with Crippen LogP contribution in [0.25, 0.3) is 0 Å². The quantitative estimate of drug-likeness (QED) is 0.537. The van der Waals surface area contributed by atoms with Gasteiger partial charge in [0, 0.05) is 12.5 Å². The summed E-state index contributed by atoms with van der Waals surface area (Å²) in [7, 11) is 0. The summed E-state index contributed by atoms with van der Waals surface area (Å²) in [6.45, 7) is 3.31. The normalized spacial score (nSPS) is 24.3. The first-order valence-corrected chi connectivity index (χ1v) is 3.75. The zero-order chi connectivity index (χ0) is 6.97. The molecule has 1 atom stereocenters. The molecule has 0 saturated carbocycles. The molecule has 1 aliphatic heterocycles. The van der Waals surface area contributed by atoms with Gasteiger partial charge in [0.2, 0.25) is 0 Å². The minimum absolute atomic E-state index is 0.608. The molecule has 1 aromatic heterocycles. The highest BCUT2D eigenvalue weighted by molar-refractivity contribution is 4.96. The minimum Gasteiger partial charge on any atom is -0.317 e. The van der Waals surface area contributed by atoms with E-state index in [9.17, 15) is 0 Å². The van der Waals surface area contributed by atoms with Gasteiger partial charge in [-0.2, -0.15) is 0 Å². The number of hydrogen-bond donors (Lipinski definition) is 0. The summed E-state index contributed by atoms with van der Waals surface area (Å²) in [5.74, 6) is 1.77. The molecule has 2 rings (SSSR count). The molecule has 0 spiro atoms. The van der Waals surface area contributed by atoms with E-state index in [1.807, 2.05) is 6.33 Å². The van der Waals surface area contributed by atoms with Gasteiger partial charge < -0.3 is 4.57 Å². The highest BCUT2D eigenvalue weighted by Gasteiger charge is 2.16. The number of hydrogen-bond acceptors (Lipinski definition) is 2. The summed E-state index contributed by atoms with van der Waals surface area (Å²) in [4.78, 5) is 0. The van der Waals surface area contributed by atoms with Crippen LogP contribution in [0, 0.1) is 0 Å².